The summed E-state index contributed by atoms with van der Waals surface area (Å²) in [7, 11) is -3.64. The molecule has 5 nitrogen and oxygen atoms in total. The summed E-state index contributed by atoms with van der Waals surface area (Å²) in [6.07, 6.45) is -0.950. The van der Waals surface area contributed by atoms with E-state index in [-0.39, 0.29) is 0 Å². The highest BCUT2D eigenvalue weighted by Gasteiger charge is 2.39. The van der Waals surface area contributed by atoms with Crippen LogP contribution in [-0.2, 0) is 9.09 Å². The van der Waals surface area contributed by atoms with E-state index < -0.39 is 26.9 Å². The lowest BCUT2D eigenvalue weighted by Crippen LogP contribution is -2.27. The van der Waals surface area contributed by atoms with E-state index in [4.69, 9.17) is 19.3 Å². The van der Waals surface area contributed by atoms with E-state index in [0.29, 0.717) is 11.1 Å². The first-order valence-corrected chi connectivity index (χ1v) is 8.11. The Kier molecular flexibility index (Phi) is 3.83. The van der Waals surface area contributed by atoms with Crippen molar-refractivity contribution in [3.63, 3.8) is 0 Å². The summed E-state index contributed by atoms with van der Waals surface area (Å²) in [5.41, 5.74) is 1.62. The average Bonchev–Trinajstić information content (AvgIpc) is 2.53. The van der Waals surface area contributed by atoms with E-state index in [0.717, 1.165) is 11.1 Å². The zero-order valence-corrected chi connectivity index (χ0v) is 12.1. The van der Waals surface area contributed by atoms with Gasteiger partial charge in [-0.1, -0.05) is 36.4 Å². The minimum Gasteiger partial charge on any atom is -0.421 e. The summed E-state index contributed by atoms with van der Waals surface area (Å²) in [4.78, 5) is 0. The van der Waals surface area contributed by atoms with Gasteiger partial charge >= 0.3 is 7.60 Å². The summed E-state index contributed by atoms with van der Waals surface area (Å²) in [5, 5.41) is 18.7. The van der Waals surface area contributed by atoms with Crippen molar-refractivity contribution in [2.24, 2.45) is 0 Å². The third-order valence-electron chi connectivity index (χ3n) is 3.29. The van der Waals surface area contributed by atoms with E-state index in [1.807, 2.05) is 24.3 Å². The van der Waals surface area contributed by atoms with Crippen molar-refractivity contribution in [1.29, 1.82) is 0 Å². The lowest BCUT2D eigenvalue weighted by Gasteiger charge is -2.29. The Morgan fingerprint density at radius 3 is 2.33 bits per heavy atom. The van der Waals surface area contributed by atoms with Gasteiger partial charge < -0.3 is 14.7 Å². The van der Waals surface area contributed by atoms with Crippen LogP contribution in [0.3, 0.4) is 0 Å². The molecular weight excluding hydrogens is 291 g/mol. The van der Waals surface area contributed by atoms with Crippen LogP contribution < -0.4 is 9.83 Å². The van der Waals surface area contributed by atoms with Crippen molar-refractivity contribution in [3.8, 4) is 16.9 Å². The fourth-order valence-corrected chi connectivity index (χ4v) is 4.24. The standard InChI is InChI=1S/C15H15O5P/c16-9-11(10-17)19-21(18)15-8-4-2-6-13(15)12-5-1-3-7-14(12)20-21/h1-8,11,16-17H,9-10H2. The van der Waals surface area contributed by atoms with E-state index in [1.165, 1.54) is 0 Å². The molecule has 0 radical (unpaired) electrons. The van der Waals surface area contributed by atoms with Crippen molar-refractivity contribution >= 4 is 12.9 Å². The molecule has 1 atom stereocenters. The normalized spacial score (nSPS) is 19.8. The average molecular weight is 306 g/mol. The molecule has 0 bridgehead atoms. The number of hydrogen-bond acceptors (Lipinski definition) is 5. The Hall–Kier alpha value is -1.65. The molecule has 1 unspecified atom stereocenters. The first-order chi connectivity index (χ1) is 10.2. The molecule has 21 heavy (non-hydrogen) atoms. The van der Waals surface area contributed by atoms with Gasteiger partial charge in [0.1, 0.15) is 11.9 Å². The Balaban J connectivity index is 2.11. The van der Waals surface area contributed by atoms with Gasteiger partial charge in [-0.15, -0.1) is 0 Å². The predicted molar refractivity (Wildman–Crippen MR) is 78.8 cm³/mol. The Bertz CT molecular complexity index is 696. The smallest absolute Gasteiger partial charge is 0.411 e. The Morgan fingerprint density at radius 1 is 1.00 bits per heavy atom. The molecule has 1 aliphatic heterocycles. The summed E-state index contributed by atoms with van der Waals surface area (Å²) in [6.45, 7) is -0.874. The molecule has 0 saturated carbocycles. The third-order valence-corrected chi connectivity index (χ3v) is 5.28. The summed E-state index contributed by atoms with van der Waals surface area (Å²) in [6, 6.07) is 14.4. The van der Waals surface area contributed by atoms with Gasteiger partial charge in [-0.25, -0.2) is 4.57 Å². The van der Waals surface area contributed by atoms with Crippen LogP contribution in [-0.4, -0.2) is 29.5 Å². The number of aliphatic hydroxyl groups is 2. The molecule has 1 heterocycles. The van der Waals surface area contributed by atoms with Crippen molar-refractivity contribution in [3.05, 3.63) is 48.5 Å². The molecule has 6 heteroatoms. The second kappa shape index (κ2) is 5.62. The molecule has 0 amide bonds. The first-order valence-electron chi connectivity index (χ1n) is 6.56. The summed E-state index contributed by atoms with van der Waals surface area (Å²) in [5.74, 6) is 0.467. The molecule has 2 aromatic rings. The lowest BCUT2D eigenvalue weighted by molar-refractivity contribution is 0.0579. The second-order valence-corrected chi connectivity index (χ2v) is 6.56. The molecule has 2 aromatic carbocycles. The monoisotopic (exact) mass is 306 g/mol. The topological polar surface area (TPSA) is 76.0 Å². The molecule has 2 N–H and O–H groups in total. The highest BCUT2D eigenvalue weighted by molar-refractivity contribution is 7.63. The van der Waals surface area contributed by atoms with E-state index in [2.05, 4.69) is 0 Å². The predicted octanol–water partition coefficient (Wildman–Crippen LogP) is 1.93. The van der Waals surface area contributed by atoms with Gasteiger partial charge in [0.15, 0.2) is 0 Å². The number of rotatable bonds is 4. The number of hydrogen-bond donors (Lipinski definition) is 2. The maximum Gasteiger partial charge on any atom is 0.411 e. The first kappa shape index (κ1) is 14.3. The van der Waals surface area contributed by atoms with Gasteiger partial charge in [-0.2, -0.15) is 0 Å². The van der Waals surface area contributed by atoms with Crippen molar-refractivity contribution in [2.45, 2.75) is 6.10 Å². The van der Waals surface area contributed by atoms with Crippen molar-refractivity contribution in [1.82, 2.24) is 0 Å². The van der Waals surface area contributed by atoms with Gasteiger partial charge in [0.25, 0.3) is 0 Å². The molecule has 0 aliphatic carbocycles. The van der Waals surface area contributed by atoms with Gasteiger partial charge in [0.05, 0.1) is 18.5 Å². The summed E-state index contributed by atoms with van der Waals surface area (Å²) >= 11 is 0. The van der Waals surface area contributed by atoms with E-state index in [1.54, 1.807) is 24.3 Å². The Labute approximate surface area is 122 Å². The van der Waals surface area contributed by atoms with Crippen LogP contribution in [0.5, 0.6) is 5.75 Å². The number of para-hydroxylation sites is 1. The van der Waals surface area contributed by atoms with Gasteiger partial charge in [0.2, 0.25) is 0 Å². The summed E-state index contributed by atoms with van der Waals surface area (Å²) < 4.78 is 24.1. The fourth-order valence-electron chi connectivity index (χ4n) is 2.29. The zero-order chi connectivity index (χ0) is 14.9. The molecule has 110 valence electrons. The maximum absolute atomic E-state index is 13.1. The van der Waals surface area contributed by atoms with Crippen LogP contribution >= 0.6 is 7.60 Å². The molecule has 1 aliphatic rings. The van der Waals surface area contributed by atoms with E-state index in [9.17, 15) is 4.57 Å². The third kappa shape index (κ3) is 2.49. The SMILES string of the molecule is O=P1(OC(CO)CO)Oc2ccccc2-c2ccccc21. The minimum atomic E-state index is -3.64. The quantitative estimate of drug-likeness (QED) is 0.844. The van der Waals surface area contributed by atoms with Crippen LogP contribution in [0.2, 0.25) is 0 Å². The second-order valence-electron chi connectivity index (χ2n) is 4.69. The molecular formula is C15H15O5P. The Morgan fingerprint density at radius 2 is 1.62 bits per heavy atom. The maximum atomic E-state index is 13.1. The number of benzene rings is 2. The van der Waals surface area contributed by atoms with Gasteiger partial charge in [0, 0.05) is 11.1 Å². The highest BCUT2D eigenvalue weighted by Crippen LogP contribution is 2.55. The number of fused-ring (bicyclic) bond motifs is 3. The van der Waals surface area contributed by atoms with E-state index >= 15 is 0 Å². The van der Waals surface area contributed by atoms with Crippen molar-refractivity contribution < 1.29 is 23.8 Å². The number of aliphatic hydroxyl groups excluding tert-OH is 2. The van der Waals surface area contributed by atoms with Crippen LogP contribution in [0.15, 0.2) is 48.5 Å². The molecule has 0 fully saturated rings. The van der Waals surface area contributed by atoms with Crippen LogP contribution in [0.1, 0.15) is 0 Å². The molecule has 0 spiro atoms. The van der Waals surface area contributed by atoms with Gasteiger partial charge in [-0.05, 0) is 12.1 Å². The molecule has 0 aromatic heterocycles. The fraction of sp³-hybridized carbons (Fsp3) is 0.200. The zero-order valence-electron chi connectivity index (χ0n) is 11.2. The minimum absolute atomic E-state index is 0.437. The van der Waals surface area contributed by atoms with Crippen LogP contribution in [0, 0.1) is 0 Å². The van der Waals surface area contributed by atoms with Crippen molar-refractivity contribution in [2.75, 3.05) is 13.2 Å². The van der Waals surface area contributed by atoms with Crippen LogP contribution in [0.25, 0.3) is 11.1 Å². The molecule has 0 saturated heterocycles. The largest absolute Gasteiger partial charge is 0.421 e. The molecule has 3 rings (SSSR count). The highest BCUT2D eigenvalue weighted by atomic mass is 31.2. The van der Waals surface area contributed by atoms with Gasteiger partial charge in [-0.3, -0.25) is 4.52 Å². The lowest BCUT2D eigenvalue weighted by atomic mass is 10.0. The van der Waals surface area contributed by atoms with Crippen LogP contribution in [0.4, 0.5) is 0 Å².